The van der Waals surface area contributed by atoms with Crippen LogP contribution in [-0.4, -0.2) is 16.4 Å². The summed E-state index contributed by atoms with van der Waals surface area (Å²) < 4.78 is 2.24. The van der Waals surface area contributed by atoms with Crippen molar-refractivity contribution in [3.63, 3.8) is 0 Å². The van der Waals surface area contributed by atoms with Crippen LogP contribution in [0.15, 0.2) is 53.0 Å². The van der Waals surface area contributed by atoms with Crippen molar-refractivity contribution in [1.29, 1.82) is 0 Å². The molecule has 0 aliphatic carbocycles. The van der Waals surface area contributed by atoms with Crippen LogP contribution in [0.4, 0.5) is 0 Å². The van der Waals surface area contributed by atoms with Gasteiger partial charge in [-0.15, -0.1) is 0 Å². The Hall–Kier alpha value is -2.44. The summed E-state index contributed by atoms with van der Waals surface area (Å²) in [5.41, 5.74) is 4.30. The van der Waals surface area contributed by atoms with Gasteiger partial charge in [0, 0.05) is 15.6 Å². The molecule has 0 spiro atoms. The van der Waals surface area contributed by atoms with Gasteiger partial charge in [0.25, 0.3) is 11.8 Å². The third-order valence-electron chi connectivity index (χ3n) is 3.78. The number of hydrogen-bond donors (Lipinski definition) is 2. The van der Waals surface area contributed by atoms with E-state index in [0.29, 0.717) is 32.2 Å². The van der Waals surface area contributed by atoms with E-state index in [1.165, 1.54) is 0 Å². The second-order valence-corrected chi connectivity index (χ2v) is 5.93. The number of carbonyl (C=O) groups is 2. The molecule has 0 aliphatic heterocycles. The molecule has 5 nitrogen and oxygen atoms in total. The number of para-hydroxylation sites is 1. The number of rotatable bonds is 2. The van der Waals surface area contributed by atoms with Gasteiger partial charge in [-0.2, -0.15) is 0 Å². The zero-order valence-electron chi connectivity index (χ0n) is 12.3. The van der Waals surface area contributed by atoms with Gasteiger partial charge in [-0.3, -0.25) is 19.6 Å². The Labute approximate surface area is 141 Å². The Balaban J connectivity index is 2.30. The summed E-state index contributed by atoms with van der Waals surface area (Å²) in [7, 11) is 0. The molecule has 1 amide bonds. The number of hydrogen-bond acceptors (Lipinski definition) is 3. The van der Waals surface area contributed by atoms with Gasteiger partial charge in [0.1, 0.15) is 0 Å². The predicted molar refractivity (Wildman–Crippen MR) is 92.2 cm³/mol. The summed E-state index contributed by atoms with van der Waals surface area (Å²) in [4.78, 5) is 25.1. The van der Waals surface area contributed by atoms with E-state index in [0.717, 1.165) is 0 Å². The third kappa shape index (κ3) is 2.46. The van der Waals surface area contributed by atoms with Crippen LogP contribution in [0.2, 0.25) is 0 Å². The lowest BCUT2D eigenvalue weighted by atomic mass is 10.1. The highest BCUT2D eigenvalue weighted by molar-refractivity contribution is 9.10. The molecule has 23 heavy (non-hydrogen) atoms. The van der Waals surface area contributed by atoms with E-state index in [9.17, 15) is 9.59 Å². The Morgan fingerprint density at radius 3 is 2.43 bits per heavy atom. The summed E-state index contributed by atoms with van der Waals surface area (Å²) in [6.45, 7) is 1.74. The monoisotopic (exact) mass is 371 g/mol. The molecule has 3 rings (SSSR count). The summed E-state index contributed by atoms with van der Waals surface area (Å²) in [6.07, 6.45) is 0. The maximum absolute atomic E-state index is 13.0. The Morgan fingerprint density at radius 2 is 1.74 bits per heavy atom. The quantitative estimate of drug-likeness (QED) is 0.413. The zero-order valence-corrected chi connectivity index (χ0v) is 13.9. The lowest BCUT2D eigenvalue weighted by Gasteiger charge is -2.09. The van der Waals surface area contributed by atoms with Crippen LogP contribution in [0.1, 0.15) is 26.4 Å². The van der Waals surface area contributed by atoms with Gasteiger partial charge in [0.05, 0.1) is 16.6 Å². The second-order valence-electron chi connectivity index (χ2n) is 5.07. The van der Waals surface area contributed by atoms with Crippen LogP contribution < -0.4 is 11.3 Å². The number of nitrogens with two attached hydrogens (primary N) is 1. The minimum absolute atomic E-state index is 0.206. The number of aromatic nitrogens is 1. The van der Waals surface area contributed by atoms with Crippen molar-refractivity contribution in [2.24, 2.45) is 5.84 Å². The summed E-state index contributed by atoms with van der Waals surface area (Å²) in [5, 5.41) is 0.688. The number of hydrazine groups is 1. The summed E-state index contributed by atoms with van der Waals surface area (Å²) in [6, 6.07) is 14.4. The fourth-order valence-electron chi connectivity index (χ4n) is 2.74. The number of halogens is 1. The molecule has 3 aromatic rings. The predicted octanol–water partition coefficient (Wildman–Crippen LogP) is 3.00. The average Bonchev–Trinajstić information content (AvgIpc) is 2.86. The van der Waals surface area contributed by atoms with E-state index in [1.807, 2.05) is 30.3 Å². The van der Waals surface area contributed by atoms with Crippen molar-refractivity contribution in [1.82, 2.24) is 9.99 Å². The maximum Gasteiger partial charge on any atom is 0.267 e. The number of nitrogen functional groups attached to an aromatic ring is 1. The van der Waals surface area contributed by atoms with Crippen LogP contribution in [0.25, 0.3) is 10.9 Å². The highest BCUT2D eigenvalue weighted by atomic mass is 79.9. The maximum atomic E-state index is 13.0. The zero-order chi connectivity index (χ0) is 16.6. The van der Waals surface area contributed by atoms with Gasteiger partial charge < -0.3 is 0 Å². The minimum atomic E-state index is -0.419. The highest BCUT2D eigenvalue weighted by Gasteiger charge is 2.23. The highest BCUT2D eigenvalue weighted by Crippen LogP contribution is 2.28. The number of fused-ring (bicyclic) bond motifs is 1. The smallest absolute Gasteiger partial charge is 0.267 e. The first-order valence-electron chi connectivity index (χ1n) is 6.96. The topological polar surface area (TPSA) is 77.1 Å². The standard InChI is InChI=1S/C17H14BrN3O2/c1-10-15(16(22)20-19)12-7-3-5-9-14(12)21(10)17(23)11-6-2-4-8-13(11)18/h2-9H,19H2,1H3,(H,20,22). The molecule has 0 fully saturated rings. The van der Waals surface area contributed by atoms with Crippen molar-refractivity contribution >= 4 is 38.6 Å². The van der Waals surface area contributed by atoms with E-state index in [-0.39, 0.29) is 5.91 Å². The molecule has 3 N–H and O–H groups in total. The molecule has 1 heterocycles. The van der Waals surface area contributed by atoms with Gasteiger partial charge in [0.15, 0.2) is 0 Å². The number of nitrogens with one attached hydrogen (secondary N) is 1. The SMILES string of the molecule is Cc1c(C(=O)NN)c2ccccc2n1C(=O)c1ccccc1Br. The van der Waals surface area contributed by atoms with E-state index in [2.05, 4.69) is 21.4 Å². The molecule has 2 aromatic carbocycles. The van der Waals surface area contributed by atoms with Crippen LogP contribution in [0.5, 0.6) is 0 Å². The van der Waals surface area contributed by atoms with E-state index >= 15 is 0 Å². The van der Waals surface area contributed by atoms with E-state index in [1.54, 1.807) is 29.7 Å². The first kappa shape index (κ1) is 15.5. The van der Waals surface area contributed by atoms with Crippen molar-refractivity contribution in [2.75, 3.05) is 0 Å². The van der Waals surface area contributed by atoms with Crippen LogP contribution in [-0.2, 0) is 0 Å². The molecule has 6 heteroatoms. The lowest BCUT2D eigenvalue weighted by molar-refractivity contribution is 0.0954. The van der Waals surface area contributed by atoms with Gasteiger partial charge in [-0.05, 0) is 41.1 Å². The molecule has 0 aliphatic rings. The van der Waals surface area contributed by atoms with Gasteiger partial charge in [-0.1, -0.05) is 30.3 Å². The molecule has 116 valence electrons. The first-order valence-corrected chi connectivity index (χ1v) is 7.75. The van der Waals surface area contributed by atoms with E-state index in [4.69, 9.17) is 5.84 Å². The Kier molecular flexibility index (Phi) is 4.02. The van der Waals surface area contributed by atoms with Crippen molar-refractivity contribution < 1.29 is 9.59 Å². The van der Waals surface area contributed by atoms with E-state index < -0.39 is 5.91 Å². The average molecular weight is 372 g/mol. The van der Waals surface area contributed by atoms with Crippen molar-refractivity contribution in [3.8, 4) is 0 Å². The number of carbonyl (C=O) groups excluding carboxylic acids is 2. The molecule has 1 aromatic heterocycles. The summed E-state index contributed by atoms with van der Waals surface area (Å²) in [5.74, 6) is 4.66. The van der Waals surface area contributed by atoms with Crippen LogP contribution >= 0.6 is 15.9 Å². The van der Waals surface area contributed by atoms with Crippen LogP contribution in [0, 0.1) is 6.92 Å². The Bertz CT molecular complexity index is 931. The molecule has 0 unspecified atom stereocenters. The third-order valence-corrected chi connectivity index (χ3v) is 4.47. The molecular formula is C17H14BrN3O2. The van der Waals surface area contributed by atoms with Crippen molar-refractivity contribution in [2.45, 2.75) is 6.92 Å². The fraction of sp³-hybridized carbons (Fsp3) is 0.0588. The molecule has 0 radical (unpaired) electrons. The molecule has 0 atom stereocenters. The molecule has 0 saturated carbocycles. The number of amides is 1. The number of nitrogens with zero attached hydrogens (tertiary/aromatic N) is 1. The molecule has 0 saturated heterocycles. The first-order chi connectivity index (χ1) is 11.1. The molecular weight excluding hydrogens is 358 g/mol. The summed E-state index contributed by atoms with van der Waals surface area (Å²) >= 11 is 3.40. The lowest BCUT2D eigenvalue weighted by Crippen LogP contribution is -2.30. The normalized spacial score (nSPS) is 10.7. The minimum Gasteiger partial charge on any atom is -0.290 e. The largest absolute Gasteiger partial charge is 0.290 e. The Morgan fingerprint density at radius 1 is 1.09 bits per heavy atom. The van der Waals surface area contributed by atoms with Crippen LogP contribution in [0.3, 0.4) is 0 Å². The number of benzene rings is 2. The van der Waals surface area contributed by atoms with Gasteiger partial charge in [-0.25, -0.2) is 5.84 Å². The van der Waals surface area contributed by atoms with Gasteiger partial charge >= 0.3 is 0 Å². The molecule has 0 bridgehead atoms. The second kappa shape index (κ2) is 5.98. The fourth-order valence-corrected chi connectivity index (χ4v) is 3.20. The van der Waals surface area contributed by atoms with Crippen molar-refractivity contribution in [3.05, 3.63) is 69.8 Å². The van der Waals surface area contributed by atoms with Gasteiger partial charge in [0.2, 0.25) is 0 Å².